The number of carbonyl (C=O) groups excluding carboxylic acids is 1. The van der Waals surface area contributed by atoms with Gasteiger partial charge in [0.2, 0.25) is 0 Å². The van der Waals surface area contributed by atoms with Crippen molar-refractivity contribution in [1.29, 1.82) is 0 Å². The molecular weight excluding hydrogens is 306 g/mol. The highest BCUT2D eigenvalue weighted by atomic mass is 16.6. The highest BCUT2D eigenvalue weighted by Crippen LogP contribution is 2.28. The van der Waals surface area contributed by atoms with Gasteiger partial charge >= 0.3 is 12.1 Å². The molecular formula is C19H19NO4. The molecule has 1 unspecified atom stereocenters. The molecule has 0 bridgehead atoms. The van der Waals surface area contributed by atoms with Gasteiger partial charge in [0.25, 0.3) is 0 Å². The molecule has 2 aromatic carbocycles. The summed E-state index contributed by atoms with van der Waals surface area (Å²) in [6.45, 7) is 1.43. The lowest BCUT2D eigenvalue weighted by molar-refractivity contribution is 0.0696. The predicted octanol–water partition coefficient (Wildman–Crippen LogP) is 3.51. The van der Waals surface area contributed by atoms with E-state index in [0.29, 0.717) is 13.1 Å². The standard InChI is InChI=1S/C19H19NO4/c21-18(22)16-8-4-7-15(11-16)17-9-10-20(12-17)19(23)24-13-14-5-2-1-3-6-14/h1-8,11,17H,9-10,12-13H2,(H,21,22). The molecule has 1 saturated heterocycles. The number of carboxylic acid groups (broad SMARTS) is 1. The molecule has 2 aromatic rings. The van der Waals surface area contributed by atoms with Crippen LogP contribution in [0, 0.1) is 0 Å². The summed E-state index contributed by atoms with van der Waals surface area (Å²) in [5.41, 5.74) is 2.18. The van der Waals surface area contributed by atoms with Crippen molar-refractivity contribution in [2.45, 2.75) is 18.9 Å². The van der Waals surface area contributed by atoms with E-state index in [1.54, 1.807) is 23.1 Å². The molecule has 3 rings (SSSR count). The predicted molar refractivity (Wildman–Crippen MR) is 89.0 cm³/mol. The number of ether oxygens (including phenoxy) is 1. The van der Waals surface area contributed by atoms with Crippen molar-refractivity contribution < 1.29 is 19.4 Å². The molecule has 1 aliphatic rings. The lowest BCUT2D eigenvalue weighted by Crippen LogP contribution is -2.29. The number of hydrogen-bond donors (Lipinski definition) is 1. The summed E-state index contributed by atoms with van der Waals surface area (Å²) in [6, 6.07) is 16.5. The normalized spacial score (nSPS) is 16.8. The molecule has 0 aromatic heterocycles. The van der Waals surface area contributed by atoms with Crippen LogP contribution < -0.4 is 0 Å². The van der Waals surface area contributed by atoms with Crippen LogP contribution in [0.5, 0.6) is 0 Å². The Morgan fingerprint density at radius 1 is 1.12 bits per heavy atom. The van der Waals surface area contributed by atoms with Crippen LogP contribution in [0.15, 0.2) is 54.6 Å². The second-order valence-electron chi connectivity index (χ2n) is 5.90. The molecule has 5 heteroatoms. The third-order valence-electron chi connectivity index (χ3n) is 4.26. The highest BCUT2D eigenvalue weighted by molar-refractivity contribution is 5.87. The van der Waals surface area contributed by atoms with Gasteiger partial charge in [0.15, 0.2) is 0 Å². The van der Waals surface area contributed by atoms with Crippen LogP contribution in [0.3, 0.4) is 0 Å². The lowest BCUT2D eigenvalue weighted by Gasteiger charge is -2.16. The smallest absolute Gasteiger partial charge is 0.410 e. The third kappa shape index (κ3) is 3.74. The van der Waals surface area contributed by atoms with E-state index in [1.165, 1.54) is 0 Å². The van der Waals surface area contributed by atoms with Gasteiger partial charge in [-0.3, -0.25) is 0 Å². The minimum absolute atomic E-state index is 0.147. The number of amides is 1. The summed E-state index contributed by atoms with van der Waals surface area (Å²) in [5, 5.41) is 9.09. The monoisotopic (exact) mass is 325 g/mol. The Morgan fingerprint density at radius 3 is 2.67 bits per heavy atom. The Morgan fingerprint density at radius 2 is 1.92 bits per heavy atom. The number of carboxylic acids is 1. The largest absolute Gasteiger partial charge is 0.478 e. The van der Waals surface area contributed by atoms with Crippen molar-refractivity contribution >= 4 is 12.1 Å². The van der Waals surface area contributed by atoms with Crippen molar-refractivity contribution in [2.75, 3.05) is 13.1 Å². The van der Waals surface area contributed by atoms with Gasteiger partial charge in [0, 0.05) is 19.0 Å². The Balaban J connectivity index is 1.57. The number of carbonyl (C=O) groups is 2. The molecule has 1 heterocycles. The molecule has 5 nitrogen and oxygen atoms in total. The maximum atomic E-state index is 12.2. The lowest BCUT2D eigenvalue weighted by atomic mass is 9.97. The summed E-state index contributed by atoms with van der Waals surface area (Å²) in [5.74, 6) is -0.789. The number of benzene rings is 2. The fourth-order valence-corrected chi connectivity index (χ4v) is 2.93. The van der Waals surface area contributed by atoms with E-state index in [4.69, 9.17) is 9.84 Å². The maximum absolute atomic E-state index is 12.2. The zero-order valence-electron chi connectivity index (χ0n) is 13.2. The van der Waals surface area contributed by atoms with Gasteiger partial charge in [-0.1, -0.05) is 42.5 Å². The van der Waals surface area contributed by atoms with Crippen LogP contribution in [-0.2, 0) is 11.3 Å². The number of nitrogens with zero attached hydrogens (tertiary/aromatic N) is 1. The van der Waals surface area contributed by atoms with Gasteiger partial charge < -0.3 is 14.7 Å². The first-order valence-corrected chi connectivity index (χ1v) is 7.92. The topological polar surface area (TPSA) is 66.8 Å². The molecule has 1 fully saturated rings. The first-order chi connectivity index (χ1) is 11.6. The Kier molecular flexibility index (Phi) is 4.79. The molecule has 0 aliphatic carbocycles. The summed E-state index contributed by atoms with van der Waals surface area (Å²) < 4.78 is 5.35. The third-order valence-corrected chi connectivity index (χ3v) is 4.26. The fraction of sp³-hybridized carbons (Fsp3) is 0.263. The van der Waals surface area contributed by atoms with Crippen molar-refractivity contribution in [3.63, 3.8) is 0 Å². The van der Waals surface area contributed by atoms with Gasteiger partial charge in [-0.2, -0.15) is 0 Å². The van der Waals surface area contributed by atoms with Gasteiger partial charge in [0.1, 0.15) is 6.61 Å². The molecule has 1 atom stereocenters. The van der Waals surface area contributed by atoms with Crippen molar-refractivity contribution in [3.8, 4) is 0 Å². The van der Waals surface area contributed by atoms with Gasteiger partial charge in [0.05, 0.1) is 5.56 Å². The van der Waals surface area contributed by atoms with Crippen LogP contribution in [0.2, 0.25) is 0 Å². The minimum atomic E-state index is -0.936. The summed E-state index contributed by atoms with van der Waals surface area (Å²) in [7, 11) is 0. The average Bonchev–Trinajstić information content (AvgIpc) is 3.11. The first-order valence-electron chi connectivity index (χ1n) is 7.92. The van der Waals surface area contributed by atoms with E-state index in [2.05, 4.69) is 0 Å². The molecule has 1 N–H and O–H groups in total. The van der Waals surface area contributed by atoms with Crippen LogP contribution in [-0.4, -0.2) is 35.2 Å². The van der Waals surface area contributed by atoms with Crippen LogP contribution in [0.4, 0.5) is 4.79 Å². The minimum Gasteiger partial charge on any atom is -0.478 e. The zero-order valence-corrected chi connectivity index (χ0v) is 13.2. The van der Waals surface area contributed by atoms with Crippen molar-refractivity contribution in [2.24, 2.45) is 0 Å². The number of hydrogen-bond acceptors (Lipinski definition) is 3. The van der Waals surface area contributed by atoms with E-state index in [1.807, 2.05) is 36.4 Å². The average molecular weight is 325 g/mol. The molecule has 0 radical (unpaired) electrons. The van der Waals surface area contributed by atoms with Gasteiger partial charge in [-0.25, -0.2) is 9.59 Å². The van der Waals surface area contributed by atoms with Crippen LogP contribution >= 0.6 is 0 Å². The maximum Gasteiger partial charge on any atom is 0.410 e. The summed E-state index contributed by atoms with van der Waals surface area (Å²) in [6.07, 6.45) is 0.486. The fourth-order valence-electron chi connectivity index (χ4n) is 2.93. The summed E-state index contributed by atoms with van der Waals surface area (Å²) in [4.78, 5) is 24.9. The Hall–Kier alpha value is -2.82. The number of rotatable bonds is 4. The highest BCUT2D eigenvalue weighted by Gasteiger charge is 2.28. The van der Waals surface area contributed by atoms with E-state index < -0.39 is 5.97 Å². The van der Waals surface area contributed by atoms with Crippen molar-refractivity contribution in [3.05, 3.63) is 71.3 Å². The van der Waals surface area contributed by atoms with Gasteiger partial charge in [-0.15, -0.1) is 0 Å². The summed E-state index contributed by atoms with van der Waals surface area (Å²) >= 11 is 0. The number of aromatic carboxylic acids is 1. The molecule has 0 spiro atoms. The second-order valence-corrected chi connectivity index (χ2v) is 5.90. The molecule has 1 amide bonds. The van der Waals surface area contributed by atoms with Crippen molar-refractivity contribution in [1.82, 2.24) is 4.90 Å². The molecule has 0 saturated carbocycles. The molecule has 1 aliphatic heterocycles. The molecule has 24 heavy (non-hydrogen) atoms. The zero-order chi connectivity index (χ0) is 16.9. The quantitative estimate of drug-likeness (QED) is 0.934. The first kappa shape index (κ1) is 16.1. The van der Waals surface area contributed by atoms with Crippen LogP contribution in [0.25, 0.3) is 0 Å². The van der Waals surface area contributed by atoms with E-state index in [-0.39, 0.29) is 24.2 Å². The van der Waals surface area contributed by atoms with E-state index >= 15 is 0 Å². The van der Waals surface area contributed by atoms with E-state index in [9.17, 15) is 9.59 Å². The van der Waals surface area contributed by atoms with Gasteiger partial charge in [-0.05, 0) is 29.7 Å². The second kappa shape index (κ2) is 7.17. The Labute approximate surface area is 140 Å². The van der Waals surface area contributed by atoms with Crippen LogP contribution in [0.1, 0.15) is 33.8 Å². The van der Waals surface area contributed by atoms with E-state index in [0.717, 1.165) is 17.5 Å². The Bertz CT molecular complexity index is 729. The molecule has 124 valence electrons. The number of likely N-dealkylation sites (tertiary alicyclic amines) is 1. The SMILES string of the molecule is O=C(O)c1cccc(C2CCN(C(=O)OCc3ccccc3)C2)c1.